The van der Waals surface area contributed by atoms with E-state index in [0.717, 1.165) is 0 Å². The summed E-state index contributed by atoms with van der Waals surface area (Å²) in [4.78, 5) is 14.0. The lowest BCUT2D eigenvalue weighted by atomic mass is 10.1. The predicted octanol–water partition coefficient (Wildman–Crippen LogP) is 4.15. The van der Waals surface area contributed by atoms with Gasteiger partial charge in [-0.05, 0) is 43.3 Å². The number of hydrogen-bond acceptors (Lipinski definition) is 1. The molecular weight excluding hydrogens is 265 g/mol. The number of rotatable bonds is 3. The molecule has 98 valence electrons. The molecule has 2 aromatic rings. The van der Waals surface area contributed by atoms with E-state index in [1.807, 2.05) is 6.92 Å². The summed E-state index contributed by atoms with van der Waals surface area (Å²) in [6, 6.07) is 12.7. The maximum absolute atomic E-state index is 12.9. The molecule has 19 heavy (non-hydrogen) atoms. The highest BCUT2D eigenvalue weighted by atomic mass is 35.5. The van der Waals surface area contributed by atoms with E-state index in [0.29, 0.717) is 22.8 Å². The monoisotopic (exact) mass is 277 g/mol. The van der Waals surface area contributed by atoms with Crippen molar-refractivity contribution in [1.82, 2.24) is 0 Å². The molecular formula is C15H13ClFNO. The Labute approximate surface area is 116 Å². The zero-order chi connectivity index (χ0) is 13.8. The van der Waals surface area contributed by atoms with Gasteiger partial charge in [0.2, 0.25) is 0 Å². The van der Waals surface area contributed by atoms with Gasteiger partial charge in [0.25, 0.3) is 5.91 Å². The van der Waals surface area contributed by atoms with E-state index >= 15 is 0 Å². The van der Waals surface area contributed by atoms with Crippen LogP contribution in [0.2, 0.25) is 5.02 Å². The molecule has 0 saturated carbocycles. The van der Waals surface area contributed by atoms with Crippen molar-refractivity contribution in [3.8, 4) is 0 Å². The van der Waals surface area contributed by atoms with Gasteiger partial charge >= 0.3 is 0 Å². The Morgan fingerprint density at radius 2 is 1.79 bits per heavy atom. The molecule has 0 heterocycles. The average Bonchev–Trinajstić information content (AvgIpc) is 2.42. The quantitative estimate of drug-likeness (QED) is 0.825. The van der Waals surface area contributed by atoms with Gasteiger partial charge in [-0.25, -0.2) is 4.39 Å². The summed E-state index contributed by atoms with van der Waals surface area (Å²) in [7, 11) is 0. The summed E-state index contributed by atoms with van der Waals surface area (Å²) in [5.74, 6) is -0.523. The van der Waals surface area contributed by atoms with Crippen molar-refractivity contribution in [3.63, 3.8) is 0 Å². The first-order valence-electron chi connectivity index (χ1n) is 5.95. The number of benzene rings is 2. The van der Waals surface area contributed by atoms with Crippen LogP contribution in [-0.4, -0.2) is 12.5 Å². The van der Waals surface area contributed by atoms with Crippen LogP contribution in [0.4, 0.5) is 10.1 Å². The van der Waals surface area contributed by atoms with Crippen LogP contribution in [-0.2, 0) is 0 Å². The number of anilines is 1. The van der Waals surface area contributed by atoms with Gasteiger partial charge in [0.1, 0.15) is 5.82 Å². The summed E-state index contributed by atoms with van der Waals surface area (Å²) < 4.78 is 12.9. The fourth-order valence-corrected chi connectivity index (χ4v) is 2.06. The first-order valence-corrected chi connectivity index (χ1v) is 6.33. The zero-order valence-corrected chi connectivity index (χ0v) is 11.2. The third-order valence-corrected chi connectivity index (χ3v) is 3.13. The summed E-state index contributed by atoms with van der Waals surface area (Å²) in [5.41, 5.74) is 1.09. The van der Waals surface area contributed by atoms with E-state index in [1.54, 1.807) is 41.3 Å². The Balaban J connectivity index is 2.35. The molecule has 0 aliphatic rings. The third-order valence-electron chi connectivity index (χ3n) is 2.80. The summed E-state index contributed by atoms with van der Waals surface area (Å²) in [6.45, 7) is 2.34. The molecule has 0 radical (unpaired) electrons. The van der Waals surface area contributed by atoms with Crippen LogP contribution < -0.4 is 4.90 Å². The van der Waals surface area contributed by atoms with Crippen LogP contribution >= 0.6 is 11.6 Å². The smallest absolute Gasteiger partial charge is 0.259 e. The summed E-state index contributed by atoms with van der Waals surface area (Å²) in [6.07, 6.45) is 0. The zero-order valence-electron chi connectivity index (χ0n) is 10.4. The SMILES string of the molecule is CCN(C(=O)c1ccccc1Cl)c1ccc(F)cc1. The minimum absolute atomic E-state index is 0.195. The van der Waals surface area contributed by atoms with Crippen molar-refractivity contribution >= 4 is 23.2 Å². The molecule has 0 N–H and O–H groups in total. The van der Waals surface area contributed by atoms with Crippen molar-refractivity contribution in [3.05, 3.63) is 64.9 Å². The minimum atomic E-state index is -0.329. The van der Waals surface area contributed by atoms with Crippen molar-refractivity contribution < 1.29 is 9.18 Å². The Kier molecular flexibility index (Phi) is 4.17. The first kappa shape index (κ1) is 13.6. The highest BCUT2D eigenvalue weighted by Gasteiger charge is 2.18. The van der Waals surface area contributed by atoms with Gasteiger partial charge in [-0.1, -0.05) is 23.7 Å². The molecule has 0 aromatic heterocycles. The van der Waals surface area contributed by atoms with Crippen LogP contribution in [0.15, 0.2) is 48.5 Å². The lowest BCUT2D eigenvalue weighted by Gasteiger charge is -2.21. The molecule has 0 aliphatic heterocycles. The second-order valence-electron chi connectivity index (χ2n) is 4.01. The highest BCUT2D eigenvalue weighted by molar-refractivity contribution is 6.34. The maximum Gasteiger partial charge on any atom is 0.259 e. The van der Waals surface area contributed by atoms with Crippen molar-refractivity contribution in [2.24, 2.45) is 0 Å². The number of nitrogens with zero attached hydrogens (tertiary/aromatic N) is 1. The largest absolute Gasteiger partial charge is 0.309 e. The number of carbonyl (C=O) groups excluding carboxylic acids is 1. The molecule has 0 bridgehead atoms. The van der Waals surface area contributed by atoms with Gasteiger partial charge in [-0.3, -0.25) is 4.79 Å². The predicted molar refractivity (Wildman–Crippen MR) is 75.2 cm³/mol. The molecule has 4 heteroatoms. The van der Waals surface area contributed by atoms with Crippen molar-refractivity contribution in [2.45, 2.75) is 6.92 Å². The Hall–Kier alpha value is -1.87. The fourth-order valence-electron chi connectivity index (χ4n) is 1.84. The molecule has 2 aromatic carbocycles. The molecule has 0 unspecified atom stereocenters. The normalized spacial score (nSPS) is 10.3. The van der Waals surface area contributed by atoms with Crippen LogP contribution in [0.3, 0.4) is 0 Å². The van der Waals surface area contributed by atoms with E-state index in [-0.39, 0.29) is 11.7 Å². The second-order valence-corrected chi connectivity index (χ2v) is 4.41. The number of hydrogen-bond donors (Lipinski definition) is 0. The molecule has 0 atom stereocenters. The average molecular weight is 278 g/mol. The maximum atomic E-state index is 12.9. The Morgan fingerprint density at radius 1 is 1.16 bits per heavy atom. The van der Waals surface area contributed by atoms with Crippen molar-refractivity contribution in [2.75, 3.05) is 11.4 Å². The molecule has 1 amide bonds. The third kappa shape index (κ3) is 2.93. The molecule has 2 nitrogen and oxygen atoms in total. The first-order chi connectivity index (χ1) is 9.13. The molecule has 0 spiro atoms. The molecule has 0 aliphatic carbocycles. The van der Waals surface area contributed by atoms with Gasteiger partial charge in [-0.15, -0.1) is 0 Å². The van der Waals surface area contributed by atoms with Gasteiger partial charge < -0.3 is 4.90 Å². The molecule has 2 rings (SSSR count). The standard InChI is InChI=1S/C15H13ClFNO/c1-2-18(12-9-7-11(17)8-10-12)15(19)13-5-3-4-6-14(13)16/h3-10H,2H2,1H3. The van der Waals surface area contributed by atoms with Gasteiger partial charge in [0.15, 0.2) is 0 Å². The lowest BCUT2D eigenvalue weighted by molar-refractivity contribution is 0.0988. The van der Waals surface area contributed by atoms with Gasteiger partial charge in [0, 0.05) is 12.2 Å². The Bertz CT molecular complexity index is 583. The highest BCUT2D eigenvalue weighted by Crippen LogP contribution is 2.21. The summed E-state index contributed by atoms with van der Waals surface area (Å²) in [5, 5.41) is 0.410. The van der Waals surface area contributed by atoms with Crippen LogP contribution in [0.5, 0.6) is 0 Å². The molecule has 0 saturated heterocycles. The number of amides is 1. The van der Waals surface area contributed by atoms with E-state index in [9.17, 15) is 9.18 Å². The van der Waals surface area contributed by atoms with E-state index < -0.39 is 0 Å². The summed E-state index contributed by atoms with van der Waals surface area (Å²) >= 11 is 6.03. The van der Waals surface area contributed by atoms with Crippen LogP contribution in [0.25, 0.3) is 0 Å². The topological polar surface area (TPSA) is 20.3 Å². The van der Waals surface area contributed by atoms with E-state index in [1.165, 1.54) is 12.1 Å². The van der Waals surface area contributed by atoms with E-state index in [4.69, 9.17) is 11.6 Å². The van der Waals surface area contributed by atoms with E-state index in [2.05, 4.69) is 0 Å². The van der Waals surface area contributed by atoms with Gasteiger partial charge in [0.05, 0.1) is 10.6 Å². The fraction of sp³-hybridized carbons (Fsp3) is 0.133. The van der Waals surface area contributed by atoms with Gasteiger partial charge in [-0.2, -0.15) is 0 Å². The molecule has 0 fully saturated rings. The van der Waals surface area contributed by atoms with Crippen LogP contribution in [0.1, 0.15) is 17.3 Å². The van der Waals surface area contributed by atoms with Crippen molar-refractivity contribution in [1.29, 1.82) is 0 Å². The number of carbonyl (C=O) groups is 1. The minimum Gasteiger partial charge on any atom is -0.309 e. The second kappa shape index (κ2) is 5.85. The Morgan fingerprint density at radius 3 is 2.37 bits per heavy atom. The van der Waals surface area contributed by atoms with Crippen LogP contribution in [0, 0.1) is 5.82 Å². The number of halogens is 2. The lowest BCUT2D eigenvalue weighted by Crippen LogP contribution is -2.30.